The highest BCUT2D eigenvalue weighted by Gasteiger charge is 2.03. The molecule has 0 unspecified atom stereocenters. The lowest BCUT2D eigenvalue weighted by molar-refractivity contribution is 0.325. The number of rotatable bonds is 4. The quantitative estimate of drug-likeness (QED) is 0.808. The Balaban J connectivity index is 2.23. The van der Waals surface area contributed by atoms with Gasteiger partial charge in [0.05, 0.1) is 6.61 Å². The number of benzene rings is 1. The highest BCUT2D eigenvalue weighted by atomic mass is 16.5. The molecule has 0 atom stereocenters. The van der Waals surface area contributed by atoms with E-state index < -0.39 is 0 Å². The second-order valence-electron chi connectivity index (χ2n) is 3.82. The van der Waals surface area contributed by atoms with Crippen molar-refractivity contribution < 1.29 is 4.74 Å². The molecule has 0 saturated carbocycles. The van der Waals surface area contributed by atoms with Crippen molar-refractivity contribution in [2.75, 3.05) is 17.7 Å². The average molecular weight is 244 g/mol. The number of anilines is 3. The van der Waals surface area contributed by atoms with Crippen LogP contribution < -0.4 is 15.8 Å². The second-order valence-corrected chi connectivity index (χ2v) is 3.82. The van der Waals surface area contributed by atoms with Crippen LogP contribution in [0.15, 0.2) is 30.3 Å². The molecule has 5 heteroatoms. The fourth-order valence-corrected chi connectivity index (χ4v) is 1.59. The van der Waals surface area contributed by atoms with Crippen LogP contribution in [-0.2, 0) is 0 Å². The number of nitrogens with one attached hydrogen (secondary N) is 1. The first-order chi connectivity index (χ1) is 8.67. The maximum absolute atomic E-state index is 5.72. The van der Waals surface area contributed by atoms with Gasteiger partial charge in [-0.1, -0.05) is 6.07 Å². The van der Waals surface area contributed by atoms with Crippen LogP contribution in [-0.4, -0.2) is 16.6 Å². The molecule has 3 N–H and O–H groups in total. The third-order valence-electron chi connectivity index (χ3n) is 2.27. The normalized spacial score (nSPS) is 10.1. The van der Waals surface area contributed by atoms with Gasteiger partial charge in [0.2, 0.25) is 5.88 Å². The number of nitrogens with two attached hydrogens (primary N) is 1. The molecule has 0 radical (unpaired) electrons. The highest BCUT2D eigenvalue weighted by molar-refractivity contribution is 5.61. The third-order valence-corrected chi connectivity index (χ3v) is 2.27. The fourth-order valence-electron chi connectivity index (χ4n) is 1.59. The summed E-state index contributed by atoms with van der Waals surface area (Å²) in [6.07, 6.45) is 0. The van der Waals surface area contributed by atoms with Crippen molar-refractivity contribution in [3.05, 3.63) is 36.2 Å². The van der Waals surface area contributed by atoms with Crippen LogP contribution in [0.4, 0.5) is 17.2 Å². The van der Waals surface area contributed by atoms with Crippen molar-refractivity contribution in [1.29, 1.82) is 0 Å². The SMILES string of the molecule is CCOc1cc(Nc2cccc(N)c2)nc(C)n1. The third kappa shape index (κ3) is 3.10. The summed E-state index contributed by atoms with van der Waals surface area (Å²) in [5.74, 6) is 1.92. The Morgan fingerprint density at radius 2 is 2.11 bits per heavy atom. The van der Waals surface area contributed by atoms with Gasteiger partial charge in [0, 0.05) is 17.4 Å². The largest absolute Gasteiger partial charge is 0.478 e. The number of hydrogen-bond donors (Lipinski definition) is 2. The molecule has 94 valence electrons. The number of nitrogens with zero attached hydrogens (tertiary/aromatic N) is 2. The number of hydrogen-bond acceptors (Lipinski definition) is 5. The van der Waals surface area contributed by atoms with Crippen molar-refractivity contribution in [1.82, 2.24) is 9.97 Å². The Labute approximate surface area is 106 Å². The van der Waals surface area contributed by atoms with E-state index in [9.17, 15) is 0 Å². The van der Waals surface area contributed by atoms with E-state index in [0.717, 1.165) is 5.69 Å². The van der Waals surface area contributed by atoms with Crippen LogP contribution >= 0.6 is 0 Å². The predicted octanol–water partition coefficient (Wildman–Crippen LogP) is 2.51. The zero-order valence-electron chi connectivity index (χ0n) is 10.5. The van der Waals surface area contributed by atoms with Crippen LogP contribution in [0.3, 0.4) is 0 Å². The molecule has 0 saturated heterocycles. The Bertz CT molecular complexity index is 542. The summed E-state index contributed by atoms with van der Waals surface area (Å²) >= 11 is 0. The molecule has 0 aliphatic rings. The Morgan fingerprint density at radius 3 is 2.83 bits per heavy atom. The van der Waals surface area contributed by atoms with E-state index in [0.29, 0.717) is 29.8 Å². The summed E-state index contributed by atoms with van der Waals surface area (Å²) in [6.45, 7) is 4.32. The molecule has 0 amide bonds. The first kappa shape index (κ1) is 12.2. The first-order valence-corrected chi connectivity index (χ1v) is 5.78. The highest BCUT2D eigenvalue weighted by Crippen LogP contribution is 2.20. The zero-order chi connectivity index (χ0) is 13.0. The van der Waals surface area contributed by atoms with Gasteiger partial charge in [-0.15, -0.1) is 0 Å². The van der Waals surface area contributed by atoms with Crippen molar-refractivity contribution >= 4 is 17.2 Å². The van der Waals surface area contributed by atoms with E-state index in [1.54, 1.807) is 6.07 Å². The van der Waals surface area contributed by atoms with E-state index in [4.69, 9.17) is 10.5 Å². The first-order valence-electron chi connectivity index (χ1n) is 5.78. The van der Waals surface area contributed by atoms with Crippen LogP contribution in [0.25, 0.3) is 0 Å². The average Bonchev–Trinajstić information content (AvgIpc) is 2.28. The molecule has 0 aliphatic heterocycles. The van der Waals surface area contributed by atoms with Crippen molar-refractivity contribution in [2.45, 2.75) is 13.8 Å². The summed E-state index contributed by atoms with van der Waals surface area (Å²) in [5, 5.41) is 3.17. The van der Waals surface area contributed by atoms with Crippen molar-refractivity contribution in [2.24, 2.45) is 0 Å². The number of aryl methyl sites for hydroxylation is 1. The molecule has 1 aromatic carbocycles. The van der Waals surface area contributed by atoms with Crippen LogP contribution in [0.2, 0.25) is 0 Å². The molecule has 0 aliphatic carbocycles. The minimum absolute atomic E-state index is 0.566. The van der Waals surface area contributed by atoms with Gasteiger partial charge in [0.1, 0.15) is 11.6 Å². The van der Waals surface area contributed by atoms with Gasteiger partial charge in [-0.05, 0) is 32.0 Å². The Morgan fingerprint density at radius 1 is 1.28 bits per heavy atom. The molecule has 2 rings (SSSR count). The molecule has 0 fully saturated rings. The van der Waals surface area contributed by atoms with Gasteiger partial charge in [0.25, 0.3) is 0 Å². The zero-order valence-corrected chi connectivity index (χ0v) is 10.5. The van der Waals surface area contributed by atoms with E-state index in [-0.39, 0.29) is 0 Å². The molecule has 1 aromatic heterocycles. The summed E-state index contributed by atoms with van der Waals surface area (Å²) < 4.78 is 5.37. The van der Waals surface area contributed by atoms with Crippen molar-refractivity contribution in [3.63, 3.8) is 0 Å². The molecule has 5 nitrogen and oxygen atoms in total. The van der Waals surface area contributed by atoms with E-state index >= 15 is 0 Å². The Kier molecular flexibility index (Phi) is 3.62. The number of nitrogen functional groups attached to an aromatic ring is 1. The van der Waals surface area contributed by atoms with E-state index in [1.165, 1.54) is 0 Å². The van der Waals surface area contributed by atoms with Crippen LogP contribution in [0.5, 0.6) is 5.88 Å². The van der Waals surface area contributed by atoms with Gasteiger partial charge in [0.15, 0.2) is 0 Å². The molecule has 0 spiro atoms. The molecule has 1 heterocycles. The van der Waals surface area contributed by atoms with Gasteiger partial charge in [-0.3, -0.25) is 0 Å². The Hall–Kier alpha value is -2.30. The summed E-state index contributed by atoms with van der Waals surface area (Å²) in [4.78, 5) is 8.48. The lowest BCUT2D eigenvalue weighted by Crippen LogP contribution is -2.01. The minimum atomic E-state index is 0.566. The fraction of sp³-hybridized carbons (Fsp3) is 0.231. The lowest BCUT2D eigenvalue weighted by Gasteiger charge is -2.09. The number of aromatic nitrogens is 2. The van der Waals surface area contributed by atoms with Gasteiger partial charge in [-0.2, -0.15) is 4.98 Å². The summed E-state index contributed by atoms with van der Waals surface area (Å²) in [5.41, 5.74) is 7.31. The second kappa shape index (κ2) is 5.35. The summed E-state index contributed by atoms with van der Waals surface area (Å²) in [7, 11) is 0. The molecule has 0 bridgehead atoms. The number of ether oxygens (including phenoxy) is 1. The molecule has 18 heavy (non-hydrogen) atoms. The monoisotopic (exact) mass is 244 g/mol. The van der Waals surface area contributed by atoms with Gasteiger partial charge < -0.3 is 15.8 Å². The van der Waals surface area contributed by atoms with Gasteiger partial charge >= 0.3 is 0 Å². The standard InChI is InChI=1S/C13H16N4O/c1-3-18-13-8-12(15-9(2)16-13)17-11-6-4-5-10(14)7-11/h4-8H,3,14H2,1-2H3,(H,15,16,17). The maximum atomic E-state index is 5.72. The van der Waals surface area contributed by atoms with E-state index in [1.807, 2.05) is 38.1 Å². The minimum Gasteiger partial charge on any atom is -0.478 e. The molecule has 2 aromatic rings. The topological polar surface area (TPSA) is 73.1 Å². The predicted molar refractivity (Wildman–Crippen MR) is 72.1 cm³/mol. The summed E-state index contributed by atoms with van der Waals surface area (Å²) in [6, 6.07) is 9.25. The molecular weight excluding hydrogens is 228 g/mol. The van der Waals surface area contributed by atoms with Gasteiger partial charge in [-0.25, -0.2) is 4.98 Å². The van der Waals surface area contributed by atoms with Crippen LogP contribution in [0, 0.1) is 6.92 Å². The van der Waals surface area contributed by atoms with Crippen molar-refractivity contribution in [3.8, 4) is 5.88 Å². The van der Waals surface area contributed by atoms with Crippen LogP contribution in [0.1, 0.15) is 12.7 Å². The lowest BCUT2D eigenvalue weighted by atomic mass is 10.3. The molecular formula is C13H16N4O. The maximum Gasteiger partial charge on any atom is 0.218 e. The smallest absolute Gasteiger partial charge is 0.218 e. The van der Waals surface area contributed by atoms with E-state index in [2.05, 4.69) is 15.3 Å².